The molecule has 0 radical (unpaired) electrons. The van der Waals surface area contributed by atoms with Crippen molar-refractivity contribution in [2.75, 3.05) is 13.7 Å². The zero-order chi connectivity index (χ0) is 14.1. The summed E-state index contributed by atoms with van der Waals surface area (Å²) in [7, 11) is 1.29. The largest absolute Gasteiger partial charge is 0.468 e. The third-order valence-corrected chi connectivity index (χ3v) is 4.30. The fraction of sp³-hybridized carbons (Fsp3) is 0.923. The van der Waals surface area contributed by atoms with Crippen LogP contribution in [-0.4, -0.2) is 31.3 Å². The standard InChI is InChI=1S/C13H20F3NO2/c1-19-11(18)12(17-8-9-2-3-9)6-4-10(5-7-12)13(14,15)16/h9-10,17H,2-8H2,1H3. The second-order valence-electron chi connectivity index (χ2n) is 5.71. The molecule has 0 aromatic heterocycles. The first-order valence-corrected chi connectivity index (χ1v) is 6.77. The van der Waals surface area contributed by atoms with Gasteiger partial charge in [-0.05, 0) is 51.0 Å². The Bertz CT molecular complexity index is 331. The summed E-state index contributed by atoms with van der Waals surface area (Å²) in [5.41, 5.74) is -0.904. The van der Waals surface area contributed by atoms with E-state index in [2.05, 4.69) is 5.32 Å². The third-order valence-electron chi connectivity index (χ3n) is 4.30. The van der Waals surface area contributed by atoms with E-state index in [1.807, 2.05) is 0 Å². The fourth-order valence-corrected chi connectivity index (χ4v) is 2.75. The maximum absolute atomic E-state index is 12.7. The maximum atomic E-state index is 12.7. The average molecular weight is 279 g/mol. The van der Waals surface area contributed by atoms with Gasteiger partial charge in [-0.15, -0.1) is 0 Å². The molecule has 2 rings (SSSR count). The number of methoxy groups -OCH3 is 1. The highest BCUT2D eigenvalue weighted by Gasteiger charge is 2.49. The maximum Gasteiger partial charge on any atom is 0.391 e. The van der Waals surface area contributed by atoms with E-state index in [9.17, 15) is 18.0 Å². The van der Waals surface area contributed by atoms with Crippen molar-refractivity contribution in [2.24, 2.45) is 11.8 Å². The number of nitrogens with one attached hydrogen (secondary N) is 1. The summed E-state index contributed by atoms with van der Waals surface area (Å²) in [5.74, 6) is -1.14. The van der Waals surface area contributed by atoms with Gasteiger partial charge in [0.2, 0.25) is 0 Å². The van der Waals surface area contributed by atoms with E-state index < -0.39 is 23.6 Å². The Morgan fingerprint density at radius 2 is 1.84 bits per heavy atom. The minimum atomic E-state index is -4.15. The number of esters is 1. The van der Waals surface area contributed by atoms with Crippen molar-refractivity contribution in [3.8, 4) is 0 Å². The topological polar surface area (TPSA) is 38.3 Å². The highest BCUT2D eigenvalue weighted by atomic mass is 19.4. The lowest BCUT2D eigenvalue weighted by Gasteiger charge is -2.39. The van der Waals surface area contributed by atoms with Gasteiger partial charge in [-0.25, -0.2) is 0 Å². The molecule has 110 valence electrons. The Hall–Kier alpha value is -0.780. The number of carbonyl (C=O) groups is 1. The van der Waals surface area contributed by atoms with Gasteiger partial charge in [0.05, 0.1) is 13.0 Å². The first kappa shape index (κ1) is 14.6. The molecule has 0 aromatic carbocycles. The van der Waals surface area contributed by atoms with Crippen molar-refractivity contribution in [3.63, 3.8) is 0 Å². The molecule has 2 aliphatic rings. The average Bonchev–Trinajstić information content (AvgIpc) is 3.19. The van der Waals surface area contributed by atoms with E-state index in [0.717, 1.165) is 12.8 Å². The quantitative estimate of drug-likeness (QED) is 0.804. The number of carbonyl (C=O) groups excluding carboxylic acids is 1. The van der Waals surface area contributed by atoms with Crippen LogP contribution < -0.4 is 5.32 Å². The van der Waals surface area contributed by atoms with Crippen molar-refractivity contribution >= 4 is 5.97 Å². The normalized spacial score (nSPS) is 32.1. The van der Waals surface area contributed by atoms with Crippen LogP contribution in [0.2, 0.25) is 0 Å². The first-order valence-electron chi connectivity index (χ1n) is 6.77. The van der Waals surface area contributed by atoms with Crippen molar-refractivity contribution in [2.45, 2.75) is 50.2 Å². The van der Waals surface area contributed by atoms with Crippen molar-refractivity contribution in [3.05, 3.63) is 0 Å². The van der Waals surface area contributed by atoms with Gasteiger partial charge in [0, 0.05) is 0 Å². The van der Waals surface area contributed by atoms with Gasteiger partial charge in [-0.2, -0.15) is 13.2 Å². The molecular weight excluding hydrogens is 259 g/mol. The molecule has 3 nitrogen and oxygen atoms in total. The van der Waals surface area contributed by atoms with Gasteiger partial charge in [0.15, 0.2) is 0 Å². The summed E-state index contributed by atoms with van der Waals surface area (Å²) in [6.07, 6.45) is -1.48. The Morgan fingerprint density at radius 3 is 2.26 bits per heavy atom. The molecule has 6 heteroatoms. The lowest BCUT2D eigenvalue weighted by Crippen LogP contribution is -2.56. The Kier molecular flexibility index (Phi) is 4.08. The zero-order valence-electron chi connectivity index (χ0n) is 11.1. The van der Waals surface area contributed by atoms with Gasteiger partial charge >= 0.3 is 12.1 Å². The van der Waals surface area contributed by atoms with E-state index >= 15 is 0 Å². The molecule has 0 spiro atoms. The molecule has 1 N–H and O–H groups in total. The van der Waals surface area contributed by atoms with Crippen LogP contribution in [0.5, 0.6) is 0 Å². The molecule has 19 heavy (non-hydrogen) atoms. The summed E-state index contributed by atoms with van der Waals surface area (Å²) in [5, 5.41) is 3.18. The molecule has 0 amide bonds. The Balaban J connectivity index is 1.98. The molecule has 0 atom stereocenters. The van der Waals surface area contributed by atoms with Crippen LogP contribution in [0.15, 0.2) is 0 Å². The van der Waals surface area contributed by atoms with Crippen molar-refractivity contribution in [1.82, 2.24) is 5.32 Å². The summed E-state index contributed by atoms with van der Waals surface area (Å²) in [6, 6.07) is 0. The summed E-state index contributed by atoms with van der Waals surface area (Å²) >= 11 is 0. The number of halogens is 3. The van der Waals surface area contributed by atoms with Gasteiger partial charge in [0.25, 0.3) is 0 Å². The van der Waals surface area contributed by atoms with Crippen LogP contribution in [0.25, 0.3) is 0 Å². The second-order valence-corrected chi connectivity index (χ2v) is 5.71. The van der Waals surface area contributed by atoms with Crippen LogP contribution in [0.4, 0.5) is 13.2 Å². The SMILES string of the molecule is COC(=O)C1(NCC2CC2)CCC(C(F)(F)F)CC1. The van der Waals surface area contributed by atoms with E-state index in [1.54, 1.807) is 0 Å². The molecule has 0 aromatic rings. The van der Waals surface area contributed by atoms with E-state index in [4.69, 9.17) is 4.74 Å². The van der Waals surface area contributed by atoms with Gasteiger partial charge in [0.1, 0.15) is 5.54 Å². The number of alkyl halides is 3. The molecule has 2 aliphatic carbocycles. The van der Waals surface area contributed by atoms with Crippen molar-refractivity contribution in [1.29, 1.82) is 0 Å². The number of rotatable bonds is 4. The number of hydrogen-bond acceptors (Lipinski definition) is 3. The van der Waals surface area contributed by atoms with Crippen LogP contribution in [0, 0.1) is 11.8 Å². The van der Waals surface area contributed by atoms with Gasteiger partial charge < -0.3 is 10.1 Å². The summed E-state index contributed by atoms with van der Waals surface area (Å²) in [6.45, 7) is 0.700. The van der Waals surface area contributed by atoms with Crippen molar-refractivity contribution < 1.29 is 22.7 Å². The zero-order valence-corrected chi connectivity index (χ0v) is 11.1. The summed E-state index contributed by atoms with van der Waals surface area (Å²) < 4.78 is 42.8. The van der Waals surface area contributed by atoms with Crippen LogP contribution in [-0.2, 0) is 9.53 Å². The number of hydrogen-bond donors (Lipinski definition) is 1. The molecule has 2 saturated carbocycles. The lowest BCUT2D eigenvalue weighted by atomic mass is 9.76. The highest BCUT2D eigenvalue weighted by molar-refractivity contribution is 5.80. The molecule has 0 saturated heterocycles. The molecule has 0 unspecified atom stereocenters. The first-order chi connectivity index (χ1) is 8.87. The fourth-order valence-electron chi connectivity index (χ4n) is 2.75. The van der Waals surface area contributed by atoms with Gasteiger partial charge in [-0.3, -0.25) is 4.79 Å². The predicted octanol–water partition coefficient (Wildman–Crippen LogP) is 2.65. The van der Waals surface area contributed by atoms with Crippen LogP contribution in [0.3, 0.4) is 0 Å². The van der Waals surface area contributed by atoms with Gasteiger partial charge in [-0.1, -0.05) is 0 Å². The molecule has 0 bridgehead atoms. The smallest absolute Gasteiger partial charge is 0.391 e. The minimum Gasteiger partial charge on any atom is -0.468 e. The monoisotopic (exact) mass is 279 g/mol. The van der Waals surface area contributed by atoms with Crippen LogP contribution >= 0.6 is 0 Å². The number of ether oxygens (including phenoxy) is 1. The molecular formula is C13H20F3NO2. The van der Waals surface area contributed by atoms with E-state index in [1.165, 1.54) is 7.11 Å². The minimum absolute atomic E-state index is 0.00370. The highest BCUT2D eigenvalue weighted by Crippen LogP contribution is 2.42. The van der Waals surface area contributed by atoms with Crippen LogP contribution in [0.1, 0.15) is 38.5 Å². The Labute approximate surface area is 110 Å². The second kappa shape index (κ2) is 5.31. The third kappa shape index (κ3) is 3.41. The molecule has 2 fully saturated rings. The molecule has 0 heterocycles. The van der Waals surface area contributed by atoms with E-state index in [0.29, 0.717) is 12.5 Å². The lowest BCUT2D eigenvalue weighted by molar-refractivity contribution is -0.188. The Morgan fingerprint density at radius 1 is 1.26 bits per heavy atom. The molecule has 0 aliphatic heterocycles. The summed E-state index contributed by atoms with van der Waals surface area (Å²) in [4.78, 5) is 11.9. The predicted molar refractivity (Wildman–Crippen MR) is 63.5 cm³/mol. The van der Waals surface area contributed by atoms with E-state index in [-0.39, 0.29) is 25.7 Å².